The molecule has 1 amide bonds. The number of hydrogen-bond donors (Lipinski definition) is 2. The van der Waals surface area contributed by atoms with Gasteiger partial charge in [0, 0.05) is 36.0 Å². The topological polar surface area (TPSA) is 54.0 Å². The molecule has 1 saturated carbocycles. The summed E-state index contributed by atoms with van der Waals surface area (Å²) in [5.41, 5.74) is 0.618. The van der Waals surface area contributed by atoms with Crippen LogP contribution in [0.4, 0.5) is 0 Å². The summed E-state index contributed by atoms with van der Waals surface area (Å²) in [4.78, 5) is 15.9. The molecular formula is C11H14BrCl2N3O. The molecule has 1 aromatic heterocycles. The maximum atomic E-state index is 11.9. The van der Waals surface area contributed by atoms with E-state index in [1.54, 1.807) is 18.5 Å². The number of carbonyl (C=O) groups excluding carboxylic acids is 1. The number of piperidine rings is 1. The SMILES string of the molecule is Cl.Cl.O=C(NC1C2CNCC21)c1cncc(Br)c1. The molecule has 4 nitrogen and oxygen atoms in total. The maximum Gasteiger partial charge on any atom is 0.253 e. The van der Waals surface area contributed by atoms with E-state index in [0.29, 0.717) is 23.4 Å². The predicted octanol–water partition coefficient (Wildman–Crippen LogP) is 1.64. The number of nitrogens with one attached hydrogen (secondary N) is 2. The quantitative estimate of drug-likeness (QED) is 0.848. The lowest BCUT2D eigenvalue weighted by molar-refractivity contribution is 0.0946. The van der Waals surface area contributed by atoms with Gasteiger partial charge in [-0.05, 0) is 33.8 Å². The fraction of sp³-hybridized carbons (Fsp3) is 0.455. The number of carbonyl (C=O) groups is 1. The molecule has 2 heterocycles. The van der Waals surface area contributed by atoms with E-state index in [1.807, 2.05) is 0 Å². The van der Waals surface area contributed by atoms with Crippen LogP contribution < -0.4 is 10.6 Å². The Kier molecular flexibility index (Phi) is 5.40. The van der Waals surface area contributed by atoms with Crippen molar-refractivity contribution in [2.45, 2.75) is 6.04 Å². The van der Waals surface area contributed by atoms with Gasteiger partial charge in [0.05, 0.1) is 5.56 Å². The van der Waals surface area contributed by atoms with Gasteiger partial charge in [0.1, 0.15) is 0 Å². The summed E-state index contributed by atoms with van der Waals surface area (Å²) in [6, 6.07) is 2.16. The van der Waals surface area contributed by atoms with Crippen LogP contribution in [-0.2, 0) is 0 Å². The number of hydrogen-bond acceptors (Lipinski definition) is 3. The zero-order chi connectivity index (χ0) is 11.1. The van der Waals surface area contributed by atoms with Crippen LogP contribution in [0.25, 0.3) is 0 Å². The van der Waals surface area contributed by atoms with Crippen molar-refractivity contribution in [3.63, 3.8) is 0 Å². The van der Waals surface area contributed by atoms with Gasteiger partial charge in [0.15, 0.2) is 0 Å². The number of pyridine rings is 1. The number of halogens is 3. The molecule has 2 N–H and O–H groups in total. The molecule has 0 bridgehead atoms. The second-order valence-corrected chi connectivity index (χ2v) is 5.29. The van der Waals surface area contributed by atoms with Gasteiger partial charge < -0.3 is 10.6 Å². The van der Waals surface area contributed by atoms with E-state index in [0.717, 1.165) is 17.6 Å². The molecule has 1 saturated heterocycles. The lowest BCUT2D eigenvalue weighted by Crippen LogP contribution is -2.32. The van der Waals surface area contributed by atoms with Crippen molar-refractivity contribution >= 4 is 46.7 Å². The summed E-state index contributed by atoms with van der Waals surface area (Å²) in [5.74, 6) is 1.27. The first kappa shape index (κ1) is 15.7. The van der Waals surface area contributed by atoms with Crippen LogP contribution in [0.1, 0.15) is 10.4 Å². The lowest BCUT2D eigenvalue weighted by Gasteiger charge is -2.07. The molecule has 2 fully saturated rings. The van der Waals surface area contributed by atoms with Crippen molar-refractivity contribution in [3.05, 3.63) is 28.5 Å². The predicted molar refractivity (Wildman–Crippen MR) is 77.5 cm³/mol. The molecule has 1 aromatic rings. The molecule has 2 aliphatic rings. The molecule has 3 rings (SSSR count). The summed E-state index contributed by atoms with van der Waals surface area (Å²) in [6.07, 6.45) is 3.27. The summed E-state index contributed by atoms with van der Waals surface area (Å²) in [5, 5.41) is 6.36. The molecule has 1 aliphatic heterocycles. The third-order valence-electron chi connectivity index (χ3n) is 3.36. The third-order valence-corrected chi connectivity index (χ3v) is 3.79. The Balaban J connectivity index is 0.000000810. The molecule has 2 unspecified atom stereocenters. The van der Waals surface area contributed by atoms with E-state index in [1.165, 1.54) is 0 Å². The van der Waals surface area contributed by atoms with Crippen LogP contribution in [0.5, 0.6) is 0 Å². The maximum absolute atomic E-state index is 11.9. The van der Waals surface area contributed by atoms with E-state index >= 15 is 0 Å². The molecule has 18 heavy (non-hydrogen) atoms. The largest absolute Gasteiger partial charge is 0.349 e. The van der Waals surface area contributed by atoms with Gasteiger partial charge in [0.25, 0.3) is 5.91 Å². The van der Waals surface area contributed by atoms with E-state index < -0.39 is 0 Å². The Morgan fingerprint density at radius 1 is 1.33 bits per heavy atom. The van der Waals surface area contributed by atoms with Gasteiger partial charge in [-0.15, -0.1) is 24.8 Å². The molecule has 0 spiro atoms. The van der Waals surface area contributed by atoms with Crippen LogP contribution in [0.3, 0.4) is 0 Å². The fourth-order valence-corrected chi connectivity index (χ4v) is 2.77. The average Bonchev–Trinajstić information content (AvgIpc) is 2.74. The van der Waals surface area contributed by atoms with Gasteiger partial charge in [-0.3, -0.25) is 9.78 Å². The first-order valence-corrected chi connectivity index (χ1v) is 6.17. The van der Waals surface area contributed by atoms with Crippen LogP contribution >= 0.6 is 40.7 Å². The molecule has 2 atom stereocenters. The molecule has 100 valence electrons. The normalized spacial score (nSPS) is 27.5. The highest BCUT2D eigenvalue weighted by Gasteiger charge is 2.53. The zero-order valence-electron chi connectivity index (χ0n) is 9.43. The van der Waals surface area contributed by atoms with Crippen molar-refractivity contribution in [3.8, 4) is 0 Å². The van der Waals surface area contributed by atoms with E-state index in [2.05, 4.69) is 31.5 Å². The standard InChI is InChI=1S/C11H12BrN3O.2ClH/c12-7-1-6(2-13-3-7)11(16)15-10-8-4-14-5-9(8)10;;/h1-3,8-10,14H,4-5H2,(H,15,16);2*1H. The number of amides is 1. The van der Waals surface area contributed by atoms with Gasteiger partial charge in [-0.1, -0.05) is 0 Å². The lowest BCUT2D eigenvalue weighted by atomic mass is 10.2. The molecule has 7 heteroatoms. The minimum absolute atomic E-state index is 0. The van der Waals surface area contributed by atoms with Crippen molar-refractivity contribution < 1.29 is 4.79 Å². The van der Waals surface area contributed by atoms with Gasteiger partial charge in [0.2, 0.25) is 0 Å². The Labute approximate surface area is 126 Å². The van der Waals surface area contributed by atoms with Crippen LogP contribution in [-0.4, -0.2) is 30.0 Å². The highest BCUT2D eigenvalue weighted by molar-refractivity contribution is 9.10. The minimum Gasteiger partial charge on any atom is -0.349 e. The Morgan fingerprint density at radius 3 is 2.61 bits per heavy atom. The molecule has 0 aromatic carbocycles. The van der Waals surface area contributed by atoms with Crippen LogP contribution in [0.2, 0.25) is 0 Å². The summed E-state index contributed by atoms with van der Waals surface area (Å²) in [6.45, 7) is 2.07. The van der Waals surface area contributed by atoms with E-state index in [9.17, 15) is 4.79 Å². The Morgan fingerprint density at radius 2 is 2.00 bits per heavy atom. The third kappa shape index (κ3) is 2.96. The van der Waals surface area contributed by atoms with Gasteiger partial charge in [-0.2, -0.15) is 0 Å². The fourth-order valence-electron chi connectivity index (χ4n) is 2.40. The second kappa shape index (κ2) is 6.19. The van der Waals surface area contributed by atoms with Gasteiger partial charge >= 0.3 is 0 Å². The van der Waals surface area contributed by atoms with Crippen LogP contribution in [0, 0.1) is 11.8 Å². The van der Waals surface area contributed by atoms with Crippen molar-refractivity contribution in [2.75, 3.05) is 13.1 Å². The Hall–Kier alpha value is -0.360. The minimum atomic E-state index is -0.0202. The highest BCUT2D eigenvalue weighted by atomic mass is 79.9. The van der Waals surface area contributed by atoms with Gasteiger partial charge in [-0.25, -0.2) is 0 Å². The summed E-state index contributed by atoms with van der Waals surface area (Å²) >= 11 is 3.31. The number of rotatable bonds is 2. The molecule has 1 aliphatic carbocycles. The van der Waals surface area contributed by atoms with Crippen molar-refractivity contribution in [1.82, 2.24) is 15.6 Å². The monoisotopic (exact) mass is 353 g/mol. The second-order valence-electron chi connectivity index (χ2n) is 4.38. The van der Waals surface area contributed by atoms with Crippen molar-refractivity contribution in [2.24, 2.45) is 11.8 Å². The first-order valence-electron chi connectivity index (χ1n) is 5.38. The molecular weight excluding hydrogens is 341 g/mol. The van der Waals surface area contributed by atoms with Crippen molar-refractivity contribution in [1.29, 1.82) is 0 Å². The molecule has 0 radical (unpaired) electrons. The smallest absolute Gasteiger partial charge is 0.253 e. The van der Waals surface area contributed by atoms with Crippen LogP contribution in [0.15, 0.2) is 22.9 Å². The zero-order valence-corrected chi connectivity index (χ0v) is 12.6. The highest BCUT2D eigenvalue weighted by Crippen LogP contribution is 2.41. The van der Waals surface area contributed by atoms with E-state index in [4.69, 9.17) is 0 Å². The number of nitrogens with zero attached hydrogens (tertiary/aromatic N) is 1. The average molecular weight is 355 g/mol. The Bertz CT molecular complexity index is 436. The summed E-state index contributed by atoms with van der Waals surface area (Å²) in [7, 11) is 0. The van der Waals surface area contributed by atoms with E-state index in [-0.39, 0.29) is 30.7 Å². The summed E-state index contributed by atoms with van der Waals surface area (Å²) < 4.78 is 0.831. The first-order chi connectivity index (χ1) is 7.75. The number of aromatic nitrogens is 1. The number of fused-ring (bicyclic) bond motifs is 1.